The Morgan fingerprint density at radius 2 is 1.79 bits per heavy atom. The van der Waals surface area contributed by atoms with E-state index in [0.29, 0.717) is 0 Å². The van der Waals surface area contributed by atoms with Crippen molar-refractivity contribution in [1.29, 1.82) is 0 Å². The maximum Gasteiger partial charge on any atom is 0.149 e. The molecule has 2 aromatic rings. The van der Waals surface area contributed by atoms with Gasteiger partial charge in [0.15, 0.2) is 0 Å². The lowest BCUT2D eigenvalue weighted by Gasteiger charge is -2.09. The monoisotopic (exact) mass is 331 g/mol. The molecule has 0 heterocycles. The van der Waals surface area contributed by atoms with Gasteiger partial charge in [-0.15, -0.1) is 0 Å². The molecule has 0 aliphatic carbocycles. The molecule has 2 rings (SSSR count). The molecule has 0 amide bonds. The fraction of sp³-hybridized carbons (Fsp3) is 0.0769. The molecule has 6 heteroatoms. The second-order valence-electron chi connectivity index (χ2n) is 3.79. The summed E-state index contributed by atoms with van der Waals surface area (Å²) in [6.07, 6.45) is 0. The van der Waals surface area contributed by atoms with Crippen molar-refractivity contribution in [1.82, 2.24) is 0 Å². The van der Waals surface area contributed by atoms with E-state index in [0.717, 1.165) is 12.1 Å². The van der Waals surface area contributed by atoms with Gasteiger partial charge in [0.1, 0.15) is 29.8 Å². The van der Waals surface area contributed by atoms with Crippen molar-refractivity contribution in [3.05, 3.63) is 57.8 Å². The zero-order chi connectivity index (χ0) is 14.0. The molecular weight excluding hydrogens is 323 g/mol. The van der Waals surface area contributed by atoms with Crippen molar-refractivity contribution in [2.45, 2.75) is 6.61 Å². The lowest BCUT2D eigenvalue weighted by atomic mass is 10.2. The van der Waals surface area contributed by atoms with Crippen LogP contribution in [0.3, 0.4) is 0 Å². The summed E-state index contributed by atoms with van der Waals surface area (Å²) in [4.78, 5) is 0. The smallest absolute Gasteiger partial charge is 0.149 e. The Kier molecular flexibility index (Phi) is 3.99. The number of hydrogen-bond donors (Lipinski definition) is 1. The molecular formula is C13H9BrF3NO. The molecule has 19 heavy (non-hydrogen) atoms. The minimum Gasteiger partial charge on any atom is -0.489 e. The van der Waals surface area contributed by atoms with Crippen LogP contribution in [0.5, 0.6) is 5.75 Å². The van der Waals surface area contributed by atoms with Crippen LogP contribution in [0.4, 0.5) is 18.9 Å². The highest BCUT2D eigenvalue weighted by atomic mass is 79.9. The van der Waals surface area contributed by atoms with Gasteiger partial charge >= 0.3 is 0 Å². The Morgan fingerprint density at radius 3 is 2.47 bits per heavy atom. The van der Waals surface area contributed by atoms with Gasteiger partial charge in [0, 0.05) is 6.07 Å². The van der Waals surface area contributed by atoms with Gasteiger partial charge in [-0.05, 0) is 40.2 Å². The topological polar surface area (TPSA) is 35.2 Å². The average molecular weight is 332 g/mol. The van der Waals surface area contributed by atoms with E-state index >= 15 is 0 Å². The molecule has 0 radical (unpaired) electrons. The van der Waals surface area contributed by atoms with Crippen LogP contribution in [-0.4, -0.2) is 0 Å². The molecule has 2 nitrogen and oxygen atoms in total. The van der Waals surface area contributed by atoms with Crippen LogP contribution < -0.4 is 10.5 Å². The fourth-order valence-corrected chi connectivity index (χ4v) is 1.83. The van der Waals surface area contributed by atoms with E-state index in [2.05, 4.69) is 15.9 Å². The first-order chi connectivity index (χ1) is 8.99. The molecule has 0 unspecified atom stereocenters. The highest BCUT2D eigenvalue weighted by molar-refractivity contribution is 9.10. The molecule has 100 valence electrons. The number of ether oxygens (including phenoxy) is 1. The molecule has 2 aromatic carbocycles. The maximum absolute atomic E-state index is 13.6. The zero-order valence-electron chi connectivity index (χ0n) is 9.59. The molecule has 0 aromatic heterocycles. The van der Waals surface area contributed by atoms with Crippen LogP contribution in [0.15, 0.2) is 34.8 Å². The van der Waals surface area contributed by atoms with Crippen LogP contribution in [0, 0.1) is 17.5 Å². The molecule has 0 saturated heterocycles. The predicted molar refractivity (Wildman–Crippen MR) is 69.2 cm³/mol. The third kappa shape index (κ3) is 3.01. The first kappa shape index (κ1) is 13.7. The summed E-state index contributed by atoms with van der Waals surface area (Å²) in [5.41, 5.74) is 5.06. The first-order valence-corrected chi connectivity index (χ1v) is 6.08. The minimum absolute atomic E-state index is 0.0211. The summed E-state index contributed by atoms with van der Waals surface area (Å²) >= 11 is 2.95. The molecule has 0 aliphatic heterocycles. The number of rotatable bonds is 3. The van der Waals surface area contributed by atoms with Crippen molar-refractivity contribution in [3.8, 4) is 5.75 Å². The van der Waals surface area contributed by atoms with Gasteiger partial charge in [-0.2, -0.15) is 0 Å². The molecule has 0 bridgehead atoms. The van der Waals surface area contributed by atoms with E-state index in [1.807, 2.05) is 0 Å². The highest BCUT2D eigenvalue weighted by Crippen LogP contribution is 2.24. The number of benzene rings is 2. The number of halogens is 4. The first-order valence-electron chi connectivity index (χ1n) is 5.29. The Morgan fingerprint density at radius 1 is 1.05 bits per heavy atom. The highest BCUT2D eigenvalue weighted by Gasteiger charge is 2.13. The van der Waals surface area contributed by atoms with E-state index in [-0.39, 0.29) is 28.1 Å². The standard InChI is InChI=1S/C13H9BrF3NO/c14-9-2-3-10(15)8(13(9)17)6-19-7-1-4-12(18)11(16)5-7/h1-5H,6,18H2. The summed E-state index contributed by atoms with van der Waals surface area (Å²) in [7, 11) is 0. The summed E-state index contributed by atoms with van der Waals surface area (Å²) in [6, 6.07) is 6.18. The molecule has 0 atom stereocenters. The van der Waals surface area contributed by atoms with E-state index in [4.69, 9.17) is 10.5 Å². The summed E-state index contributed by atoms with van der Waals surface area (Å²) in [6.45, 7) is -0.347. The van der Waals surface area contributed by atoms with E-state index in [1.165, 1.54) is 18.2 Å². The number of nitrogens with two attached hydrogens (primary N) is 1. The summed E-state index contributed by atoms with van der Waals surface area (Å²) in [5.74, 6) is -1.97. The van der Waals surface area contributed by atoms with Crippen molar-refractivity contribution < 1.29 is 17.9 Å². The van der Waals surface area contributed by atoms with Crippen molar-refractivity contribution in [3.63, 3.8) is 0 Å². The fourth-order valence-electron chi connectivity index (χ4n) is 1.45. The number of hydrogen-bond acceptors (Lipinski definition) is 2. The van der Waals surface area contributed by atoms with Gasteiger partial charge in [-0.3, -0.25) is 0 Å². The van der Waals surface area contributed by atoms with Gasteiger partial charge in [0.05, 0.1) is 15.7 Å². The van der Waals surface area contributed by atoms with E-state index in [9.17, 15) is 13.2 Å². The summed E-state index contributed by atoms with van der Waals surface area (Å²) in [5, 5.41) is 0. The van der Waals surface area contributed by atoms with Crippen molar-refractivity contribution in [2.24, 2.45) is 0 Å². The quantitative estimate of drug-likeness (QED) is 0.680. The Balaban J connectivity index is 2.19. The van der Waals surface area contributed by atoms with Crippen LogP contribution >= 0.6 is 15.9 Å². The lowest BCUT2D eigenvalue weighted by Crippen LogP contribution is -2.03. The van der Waals surface area contributed by atoms with Gasteiger partial charge in [-0.25, -0.2) is 13.2 Å². The molecule has 0 saturated carbocycles. The third-order valence-corrected chi connectivity index (χ3v) is 3.11. The Hall–Kier alpha value is -1.69. The van der Waals surface area contributed by atoms with Crippen LogP contribution in [0.1, 0.15) is 5.56 Å². The minimum atomic E-state index is -0.740. The largest absolute Gasteiger partial charge is 0.489 e. The average Bonchev–Trinajstić information content (AvgIpc) is 2.38. The second-order valence-corrected chi connectivity index (χ2v) is 4.65. The third-order valence-electron chi connectivity index (χ3n) is 2.49. The van der Waals surface area contributed by atoms with Crippen LogP contribution in [-0.2, 0) is 6.61 Å². The SMILES string of the molecule is Nc1ccc(OCc2c(F)ccc(Br)c2F)cc1F. The van der Waals surface area contributed by atoms with Gasteiger partial charge in [0.25, 0.3) is 0 Å². The molecule has 0 fully saturated rings. The number of nitrogen functional groups attached to an aromatic ring is 1. The van der Waals surface area contributed by atoms with Gasteiger partial charge in [0.2, 0.25) is 0 Å². The summed E-state index contributed by atoms with van der Waals surface area (Å²) < 4.78 is 45.5. The Labute approximate surface area is 116 Å². The normalized spacial score (nSPS) is 10.5. The van der Waals surface area contributed by atoms with Crippen molar-refractivity contribution in [2.75, 3.05) is 5.73 Å². The Bertz CT molecular complexity index is 619. The van der Waals surface area contributed by atoms with Gasteiger partial charge in [-0.1, -0.05) is 0 Å². The van der Waals surface area contributed by atoms with Gasteiger partial charge < -0.3 is 10.5 Å². The second kappa shape index (κ2) is 5.52. The molecule has 0 aliphatic rings. The maximum atomic E-state index is 13.6. The van der Waals surface area contributed by atoms with E-state index < -0.39 is 17.5 Å². The molecule has 2 N–H and O–H groups in total. The lowest BCUT2D eigenvalue weighted by molar-refractivity contribution is 0.291. The van der Waals surface area contributed by atoms with Crippen LogP contribution in [0.2, 0.25) is 0 Å². The molecule has 0 spiro atoms. The number of anilines is 1. The predicted octanol–water partition coefficient (Wildman–Crippen LogP) is 4.03. The van der Waals surface area contributed by atoms with Crippen molar-refractivity contribution >= 4 is 21.6 Å². The van der Waals surface area contributed by atoms with E-state index in [1.54, 1.807) is 0 Å². The zero-order valence-corrected chi connectivity index (χ0v) is 11.2. The van der Waals surface area contributed by atoms with Crippen LogP contribution in [0.25, 0.3) is 0 Å².